The summed E-state index contributed by atoms with van der Waals surface area (Å²) in [7, 11) is 0. The molecule has 0 spiro atoms. The van der Waals surface area contributed by atoms with Crippen LogP contribution >= 0.6 is 0 Å². The summed E-state index contributed by atoms with van der Waals surface area (Å²) >= 11 is 0. The van der Waals surface area contributed by atoms with Crippen LogP contribution < -0.4 is 5.73 Å². The molecule has 0 saturated carbocycles. The van der Waals surface area contributed by atoms with E-state index in [0.717, 1.165) is 5.69 Å². The average molecular weight is 179 g/mol. The molecule has 2 aromatic heterocycles. The maximum atomic E-state index is 12.9. The molecule has 13 heavy (non-hydrogen) atoms. The van der Waals surface area contributed by atoms with E-state index >= 15 is 0 Å². The molecule has 3 nitrogen and oxygen atoms in total. The largest absolute Gasteiger partial charge is 0.323 e. The maximum absolute atomic E-state index is 12.9. The highest BCUT2D eigenvalue weighted by Gasteiger charge is 2.06. The molecule has 1 atom stereocenters. The van der Waals surface area contributed by atoms with Crippen LogP contribution in [0.2, 0.25) is 0 Å². The van der Waals surface area contributed by atoms with Crippen molar-refractivity contribution in [3.63, 3.8) is 0 Å². The summed E-state index contributed by atoms with van der Waals surface area (Å²) in [6.07, 6.45) is 3.06. The molecule has 0 aromatic carbocycles. The first-order valence-electron chi connectivity index (χ1n) is 4.06. The van der Waals surface area contributed by atoms with E-state index in [1.165, 1.54) is 12.3 Å². The van der Waals surface area contributed by atoms with E-state index in [9.17, 15) is 4.39 Å². The van der Waals surface area contributed by atoms with E-state index in [0.29, 0.717) is 5.65 Å². The molecule has 0 aliphatic heterocycles. The van der Waals surface area contributed by atoms with Gasteiger partial charge in [-0.25, -0.2) is 9.37 Å². The minimum absolute atomic E-state index is 0.142. The molecule has 2 aromatic rings. The Kier molecular flexibility index (Phi) is 1.77. The van der Waals surface area contributed by atoms with Gasteiger partial charge in [0.05, 0.1) is 11.9 Å². The lowest BCUT2D eigenvalue weighted by atomic mass is 10.3. The van der Waals surface area contributed by atoms with E-state index in [1.807, 2.05) is 6.92 Å². The van der Waals surface area contributed by atoms with E-state index in [-0.39, 0.29) is 11.9 Å². The van der Waals surface area contributed by atoms with Crippen molar-refractivity contribution in [3.05, 3.63) is 36.0 Å². The first kappa shape index (κ1) is 8.19. The molecule has 0 saturated heterocycles. The standard InChI is InChI=1S/C9H10FN3/c1-6(11)8-4-12-9-3-2-7(10)5-13(8)9/h2-6H,11H2,1H3. The molecule has 68 valence electrons. The van der Waals surface area contributed by atoms with Crippen LogP contribution in [-0.4, -0.2) is 9.38 Å². The zero-order chi connectivity index (χ0) is 9.42. The van der Waals surface area contributed by atoms with Crippen LogP contribution in [0.3, 0.4) is 0 Å². The van der Waals surface area contributed by atoms with Crippen LogP contribution in [-0.2, 0) is 0 Å². The third kappa shape index (κ3) is 1.29. The Bertz CT molecular complexity index is 433. The van der Waals surface area contributed by atoms with Gasteiger partial charge < -0.3 is 5.73 Å². The second-order valence-corrected chi connectivity index (χ2v) is 3.05. The molecule has 0 amide bonds. The van der Waals surface area contributed by atoms with Crippen molar-refractivity contribution in [3.8, 4) is 0 Å². The minimum atomic E-state index is -0.285. The molecule has 2 rings (SSSR count). The van der Waals surface area contributed by atoms with Crippen molar-refractivity contribution in [2.45, 2.75) is 13.0 Å². The number of pyridine rings is 1. The highest BCUT2D eigenvalue weighted by atomic mass is 19.1. The summed E-state index contributed by atoms with van der Waals surface area (Å²) in [5.41, 5.74) is 7.22. The van der Waals surface area contributed by atoms with E-state index in [1.54, 1.807) is 16.7 Å². The number of hydrogen-bond donors (Lipinski definition) is 1. The predicted molar refractivity (Wildman–Crippen MR) is 47.8 cm³/mol. The first-order valence-corrected chi connectivity index (χ1v) is 4.06. The quantitative estimate of drug-likeness (QED) is 0.720. The highest BCUT2D eigenvalue weighted by molar-refractivity contribution is 5.40. The lowest BCUT2D eigenvalue weighted by Gasteiger charge is -2.04. The maximum Gasteiger partial charge on any atom is 0.139 e. The molecule has 2 heterocycles. The van der Waals surface area contributed by atoms with Crippen molar-refractivity contribution in [2.75, 3.05) is 0 Å². The van der Waals surface area contributed by atoms with Crippen LogP contribution in [0.25, 0.3) is 5.65 Å². The number of nitrogens with zero attached hydrogens (tertiary/aromatic N) is 2. The number of rotatable bonds is 1. The first-order chi connectivity index (χ1) is 6.18. The molecule has 4 heteroatoms. The smallest absolute Gasteiger partial charge is 0.139 e. The fraction of sp³-hybridized carbons (Fsp3) is 0.222. The van der Waals surface area contributed by atoms with Crippen LogP contribution in [0.4, 0.5) is 4.39 Å². The summed E-state index contributed by atoms with van der Waals surface area (Å²) < 4.78 is 14.5. The predicted octanol–water partition coefficient (Wildman–Crippen LogP) is 1.49. The van der Waals surface area contributed by atoms with Crippen molar-refractivity contribution in [1.82, 2.24) is 9.38 Å². The Morgan fingerprint density at radius 2 is 2.31 bits per heavy atom. The Balaban J connectivity index is 2.71. The molecule has 0 bridgehead atoms. The second kappa shape index (κ2) is 2.81. The van der Waals surface area contributed by atoms with Gasteiger partial charge in [0, 0.05) is 12.2 Å². The van der Waals surface area contributed by atoms with Gasteiger partial charge in [-0.2, -0.15) is 0 Å². The molecule has 0 aliphatic carbocycles. The second-order valence-electron chi connectivity index (χ2n) is 3.05. The van der Waals surface area contributed by atoms with Gasteiger partial charge in [0.25, 0.3) is 0 Å². The van der Waals surface area contributed by atoms with E-state index in [2.05, 4.69) is 4.98 Å². The van der Waals surface area contributed by atoms with Gasteiger partial charge in [0.2, 0.25) is 0 Å². The average Bonchev–Trinajstić information content (AvgIpc) is 2.46. The van der Waals surface area contributed by atoms with Gasteiger partial charge in [-0.3, -0.25) is 4.40 Å². The SMILES string of the molecule is CC(N)c1cnc2ccc(F)cn12. The van der Waals surface area contributed by atoms with Gasteiger partial charge >= 0.3 is 0 Å². The minimum Gasteiger partial charge on any atom is -0.323 e. The zero-order valence-electron chi connectivity index (χ0n) is 7.24. The number of imidazole rings is 1. The molecular formula is C9H10FN3. The van der Waals surface area contributed by atoms with Crippen molar-refractivity contribution in [2.24, 2.45) is 5.73 Å². The van der Waals surface area contributed by atoms with Gasteiger partial charge in [-0.15, -0.1) is 0 Å². The number of nitrogens with two attached hydrogens (primary N) is 1. The molecular weight excluding hydrogens is 169 g/mol. The third-order valence-electron chi connectivity index (χ3n) is 1.96. The lowest BCUT2D eigenvalue weighted by Crippen LogP contribution is -2.08. The fourth-order valence-electron chi connectivity index (χ4n) is 1.31. The van der Waals surface area contributed by atoms with E-state index in [4.69, 9.17) is 5.73 Å². The lowest BCUT2D eigenvalue weighted by molar-refractivity contribution is 0.615. The third-order valence-corrected chi connectivity index (χ3v) is 1.96. The Morgan fingerprint density at radius 3 is 3.00 bits per heavy atom. The van der Waals surface area contributed by atoms with Crippen LogP contribution in [0.5, 0.6) is 0 Å². The van der Waals surface area contributed by atoms with Crippen LogP contribution in [0.1, 0.15) is 18.7 Å². The van der Waals surface area contributed by atoms with Crippen molar-refractivity contribution < 1.29 is 4.39 Å². The monoisotopic (exact) mass is 179 g/mol. The number of halogens is 1. The van der Waals surface area contributed by atoms with E-state index < -0.39 is 0 Å². The summed E-state index contributed by atoms with van der Waals surface area (Å²) in [5.74, 6) is -0.285. The normalized spacial score (nSPS) is 13.5. The number of aromatic nitrogens is 2. The van der Waals surface area contributed by atoms with Gasteiger partial charge in [-0.05, 0) is 19.1 Å². The highest BCUT2D eigenvalue weighted by Crippen LogP contribution is 2.13. The topological polar surface area (TPSA) is 43.3 Å². The fourth-order valence-corrected chi connectivity index (χ4v) is 1.31. The van der Waals surface area contributed by atoms with Gasteiger partial charge in [0.1, 0.15) is 11.5 Å². The Hall–Kier alpha value is -1.42. The summed E-state index contributed by atoms with van der Waals surface area (Å²) in [6, 6.07) is 2.87. The van der Waals surface area contributed by atoms with Crippen molar-refractivity contribution in [1.29, 1.82) is 0 Å². The van der Waals surface area contributed by atoms with Gasteiger partial charge in [-0.1, -0.05) is 0 Å². The summed E-state index contributed by atoms with van der Waals surface area (Å²) in [4.78, 5) is 4.10. The molecule has 0 aliphatic rings. The Labute approximate surface area is 75.0 Å². The molecule has 1 unspecified atom stereocenters. The summed E-state index contributed by atoms with van der Waals surface area (Å²) in [6.45, 7) is 1.84. The number of fused-ring (bicyclic) bond motifs is 1. The van der Waals surface area contributed by atoms with Crippen molar-refractivity contribution >= 4 is 5.65 Å². The van der Waals surface area contributed by atoms with Crippen LogP contribution in [0.15, 0.2) is 24.5 Å². The molecule has 0 fully saturated rings. The van der Waals surface area contributed by atoms with Crippen LogP contribution in [0, 0.1) is 5.82 Å². The Morgan fingerprint density at radius 1 is 1.54 bits per heavy atom. The number of hydrogen-bond acceptors (Lipinski definition) is 2. The summed E-state index contributed by atoms with van der Waals surface area (Å²) in [5, 5.41) is 0. The zero-order valence-corrected chi connectivity index (χ0v) is 7.24. The molecule has 0 radical (unpaired) electrons. The molecule has 2 N–H and O–H groups in total. The van der Waals surface area contributed by atoms with Gasteiger partial charge in [0.15, 0.2) is 0 Å².